The van der Waals surface area contributed by atoms with E-state index in [1.54, 1.807) is 0 Å². The number of nitrogens with one attached hydrogen (secondary N) is 1. The largest absolute Gasteiger partial charge is 0.357 e. The molecule has 1 heterocycles. The molecule has 2 nitrogen and oxygen atoms in total. The van der Waals surface area contributed by atoms with Gasteiger partial charge < -0.3 is 5.32 Å². The first-order valence-electron chi connectivity index (χ1n) is 7.35. The van der Waals surface area contributed by atoms with E-state index in [4.69, 9.17) is 4.99 Å². The second-order valence-corrected chi connectivity index (χ2v) is 7.92. The lowest BCUT2D eigenvalue weighted by Crippen LogP contribution is -2.26. The van der Waals surface area contributed by atoms with Crippen LogP contribution in [0.25, 0.3) is 0 Å². The Kier molecular flexibility index (Phi) is 4.61. The van der Waals surface area contributed by atoms with E-state index in [2.05, 4.69) is 41.9 Å². The molecule has 4 heteroatoms. The topological polar surface area (TPSA) is 24.4 Å². The number of aliphatic imine (C=N–C) groups is 1. The molecule has 0 amide bonds. The molecule has 108 valence electrons. The minimum atomic E-state index is 0.417. The fourth-order valence-corrected chi connectivity index (χ4v) is 4.89. The van der Waals surface area contributed by atoms with E-state index in [1.165, 1.54) is 31.2 Å². The van der Waals surface area contributed by atoms with E-state index < -0.39 is 0 Å². The summed E-state index contributed by atoms with van der Waals surface area (Å²) in [5, 5.41) is 4.71. The van der Waals surface area contributed by atoms with E-state index in [9.17, 15) is 0 Å². The van der Waals surface area contributed by atoms with Gasteiger partial charge in [-0.3, -0.25) is 4.99 Å². The summed E-state index contributed by atoms with van der Waals surface area (Å²) < 4.78 is 0.417. The summed E-state index contributed by atoms with van der Waals surface area (Å²) in [6, 6.07) is 11.1. The first kappa shape index (κ1) is 14.3. The van der Waals surface area contributed by atoms with Crippen molar-refractivity contribution in [2.75, 3.05) is 18.6 Å². The Balaban J connectivity index is 1.61. The van der Waals surface area contributed by atoms with Gasteiger partial charge in [0, 0.05) is 10.5 Å². The molecule has 0 bridgehead atoms. The zero-order valence-electron chi connectivity index (χ0n) is 12.0. The summed E-state index contributed by atoms with van der Waals surface area (Å²) in [5.41, 5.74) is 1.37. The van der Waals surface area contributed by atoms with Crippen LogP contribution in [0.4, 0.5) is 0 Å². The minimum Gasteiger partial charge on any atom is -0.357 e. The van der Waals surface area contributed by atoms with Gasteiger partial charge in [0.05, 0.1) is 12.6 Å². The number of hydrogen-bond acceptors (Lipinski definition) is 3. The van der Waals surface area contributed by atoms with E-state index in [-0.39, 0.29) is 0 Å². The Morgan fingerprint density at radius 1 is 1.30 bits per heavy atom. The number of thioether (sulfide) groups is 2. The standard InChI is InChI=1S/C16H22N2S2/c1-19-16(9-5-6-10-16)12-17-15-18-14(11-20-15)13-7-3-2-4-8-13/h2-4,7-8,14H,5-6,9-12H2,1H3,(H,17,18). The number of nitrogens with zero attached hydrogens (tertiary/aromatic N) is 1. The molecule has 1 saturated carbocycles. The molecule has 1 aromatic rings. The van der Waals surface area contributed by atoms with Crippen LogP contribution in [0.1, 0.15) is 37.3 Å². The van der Waals surface area contributed by atoms with Crippen LogP contribution < -0.4 is 5.32 Å². The maximum Gasteiger partial charge on any atom is 0.157 e. The van der Waals surface area contributed by atoms with Crippen LogP contribution in [-0.2, 0) is 0 Å². The zero-order valence-corrected chi connectivity index (χ0v) is 13.6. The third kappa shape index (κ3) is 3.17. The van der Waals surface area contributed by atoms with E-state index in [1.807, 2.05) is 23.5 Å². The highest BCUT2D eigenvalue weighted by atomic mass is 32.2. The van der Waals surface area contributed by atoms with Crippen LogP contribution >= 0.6 is 23.5 Å². The van der Waals surface area contributed by atoms with Gasteiger partial charge in [0.2, 0.25) is 0 Å². The molecule has 2 fully saturated rings. The van der Waals surface area contributed by atoms with Crippen molar-refractivity contribution < 1.29 is 0 Å². The lowest BCUT2D eigenvalue weighted by atomic mass is 10.1. The van der Waals surface area contributed by atoms with Crippen molar-refractivity contribution in [2.24, 2.45) is 4.99 Å². The maximum absolute atomic E-state index is 4.87. The van der Waals surface area contributed by atoms with Crippen LogP contribution in [0.15, 0.2) is 35.3 Å². The Morgan fingerprint density at radius 2 is 2.05 bits per heavy atom. The highest BCUT2D eigenvalue weighted by molar-refractivity contribution is 8.14. The highest BCUT2D eigenvalue weighted by Gasteiger charge is 2.33. The van der Waals surface area contributed by atoms with Crippen LogP contribution in [0.2, 0.25) is 0 Å². The molecule has 0 radical (unpaired) electrons. The van der Waals surface area contributed by atoms with Gasteiger partial charge in [-0.15, -0.1) is 0 Å². The normalized spacial score (nSPS) is 26.9. The molecule has 3 rings (SSSR count). The quantitative estimate of drug-likeness (QED) is 0.906. The highest BCUT2D eigenvalue weighted by Crippen LogP contribution is 2.40. The van der Waals surface area contributed by atoms with Gasteiger partial charge in [0.25, 0.3) is 0 Å². The summed E-state index contributed by atoms with van der Waals surface area (Å²) in [5.74, 6) is 1.09. The zero-order chi connectivity index (χ0) is 13.8. The van der Waals surface area contributed by atoms with Crippen molar-refractivity contribution in [1.82, 2.24) is 5.32 Å². The maximum atomic E-state index is 4.87. The predicted octanol–water partition coefficient (Wildman–Crippen LogP) is 4.10. The third-order valence-electron chi connectivity index (χ3n) is 4.34. The second-order valence-electron chi connectivity index (χ2n) is 5.63. The van der Waals surface area contributed by atoms with Gasteiger partial charge >= 0.3 is 0 Å². The molecule has 1 aliphatic heterocycles. The average Bonchev–Trinajstić information content (AvgIpc) is 3.16. The number of amidine groups is 1. The number of benzene rings is 1. The molecule has 1 unspecified atom stereocenters. The smallest absolute Gasteiger partial charge is 0.157 e. The third-order valence-corrected chi connectivity index (χ3v) is 6.77. The fourth-order valence-electron chi connectivity index (χ4n) is 3.01. The Bertz CT molecular complexity index is 467. The van der Waals surface area contributed by atoms with Gasteiger partial charge in [-0.2, -0.15) is 11.8 Å². The molecule has 2 aliphatic rings. The molecule has 1 N–H and O–H groups in total. The Hall–Kier alpha value is -0.610. The second kappa shape index (κ2) is 6.44. The molecule has 0 spiro atoms. The van der Waals surface area contributed by atoms with E-state index in [0.29, 0.717) is 10.8 Å². The van der Waals surface area contributed by atoms with Crippen molar-refractivity contribution in [2.45, 2.75) is 36.5 Å². The van der Waals surface area contributed by atoms with Crippen molar-refractivity contribution in [3.63, 3.8) is 0 Å². The Labute approximate surface area is 130 Å². The summed E-state index contributed by atoms with van der Waals surface area (Å²) in [6.45, 7) is 0.977. The molecule has 1 aliphatic carbocycles. The molecule has 1 atom stereocenters. The van der Waals surface area contributed by atoms with Crippen LogP contribution in [-0.4, -0.2) is 28.5 Å². The predicted molar refractivity (Wildman–Crippen MR) is 91.8 cm³/mol. The SMILES string of the molecule is CSC1(CN=C2NC(c3ccccc3)CS2)CCCC1. The molecule has 20 heavy (non-hydrogen) atoms. The summed E-state index contributed by atoms with van der Waals surface area (Å²) in [7, 11) is 0. The van der Waals surface area contributed by atoms with Gasteiger partial charge in [0.15, 0.2) is 5.17 Å². The summed E-state index contributed by atoms with van der Waals surface area (Å²) in [4.78, 5) is 4.87. The van der Waals surface area contributed by atoms with Crippen molar-refractivity contribution in [3.8, 4) is 0 Å². The summed E-state index contributed by atoms with van der Waals surface area (Å²) in [6.07, 6.45) is 7.65. The lowest BCUT2D eigenvalue weighted by Gasteiger charge is -2.24. The molecule has 1 aromatic carbocycles. The van der Waals surface area contributed by atoms with Gasteiger partial charge in [-0.1, -0.05) is 54.9 Å². The number of hydrogen-bond donors (Lipinski definition) is 1. The monoisotopic (exact) mass is 306 g/mol. The lowest BCUT2D eigenvalue weighted by molar-refractivity contribution is 0.620. The van der Waals surface area contributed by atoms with Gasteiger partial charge in [-0.25, -0.2) is 0 Å². The first-order valence-corrected chi connectivity index (χ1v) is 9.56. The molecular weight excluding hydrogens is 284 g/mol. The molecular formula is C16H22N2S2. The van der Waals surface area contributed by atoms with Crippen LogP contribution in [0, 0.1) is 0 Å². The van der Waals surface area contributed by atoms with Gasteiger partial charge in [0.1, 0.15) is 0 Å². The Morgan fingerprint density at radius 3 is 2.75 bits per heavy atom. The van der Waals surface area contributed by atoms with Crippen LogP contribution in [0.5, 0.6) is 0 Å². The van der Waals surface area contributed by atoms with Crippen molar-refractivity contribution in [1.29, 1.82) is 0 Å². The van der Waals surface area contributed by atoms with Crippen LogP contribution in [0.3, 0.4) is 0 Å². The van der Waals surface area contributed by atoms with Crippen molar-refractivity contribution in [3.05, 3.63) is 35.9 Å². The summed E-state index contributed by atoms with van der Waals surface area (Å²) >= 11 is 3.88. The number of rotatable bonds is 4. The van der Waals surface area contributed by atoms with E-state index >= 15 is 0 Å². The van der Waals surface area contributed by atoms with Crippen molar-refractivity contribution >= 4 is 28.7 Å². The average molecular weight is 307 g/mol. The fraction of sp³-hybridized carbons (Fsp3) is 0.562. The van der Waals surface area contributed by atoms with Gasteiger partial charge in [-0.05, 0) is 24.7 Å². The first-order chi connectivity index (χ1) is 9.81. The minimum absolute atomic E-state index is 0.417. The molecule has 0 aromatic heterocycles. The van der Waals surface area contributed by atoms with E-state index in [0.717, 1.165) is 17.5 Å². The molecule has 1 saturated heterocycles.